The van der Waals surface area contributed by atoms with Crippen LogP contribution in [0.2, 0.25) is 5.02 Å². The van der Waals surface area contributed by atoms with Crippen LogP contribution in [0, 0.1) is 11.7 Å². The van der Waals surface area contributed by atoms with E-state index in [-0.39, 0.29) is 5.02 Å². The van der Waals surface area contributed by atoms with Crippen molar-refractivity contribution >= 4 is 17.3 Å². The van der Waals surface area contributed by atoms with Crippen LogP contribution in [-0.4, -0.2) is 6.61 Å². The lowest BCUT2D eigenvalue weighted by molar-refractivity contribution is 0.222. The van der Waals surface area contributed by atoms with Crippen LogP contribution in [0.25, 0.3) is 0 Å². The molecule has 1 aliphatic carbocycles. The van der Waals surface area contributed by atoms with Crippen molar-refractivity contribution < 1.29 is 9.13 Å². The molecule has 0 bridgehead atoms. The van der Waals surface area contributed by atoms with Gasteiger partial charge in [-0.15, -0.1) is 0 Å². The highest BCUT2D eigenvalue weighted by Gasteiger charge is 2.17. The Morgan fingerprint density at radius 3 is 2.81 bits per heavy atom. The highest BCUT2D eigenvalue weighted by atomic mass is 35.5. The smallest absolute Gasteiger partial charge is 0.145 e. The zero-order valence-electron chi connectivity index (χ0n) is 9.01. The minimum Gasteiger partial charge on any atom is -0.491 e. The van der Waals surface area contributed by atoms with Gasteiger partial charge >= 0.3 is 0 Å². The van der Waals surface area contributed by atoms with Crippen molar-refractivity contribution in [2.24, 2.45) is 5.92 Å². The summed E-state index contributed by atoms with van der Waals surface area (Å²) in [5, 5.41) is 0.0313. The molecule has 0 aliphatic heterocycles. The molecule has 88 valence electrons. The second kappa shape index (κ2) is 4.91. The van der Waals surface area contributed by atoms with Crippen molar-refractivity contribution in [2.45, 2.75) is 25.7 Å². The summed E-state index contributed by atoms with van der Waals surface area (Å²) in [6.07, 6.45) is 4.91. The molecule has 0 radical (unpaired) electrons. The Kier molecular flexibility index (Phi) is 3.54. The fourth-order valence-corrected chi connectivity index (χ4v) is 1.96. The fourth-order valence-electron chi connectivity index (χ4n) is 1.79. The molecule has 16 heavy (non-hydrogen) atoms. The molecule has 1 saturated carbocycles. The number of nitrogen functional groups attached to an aromatic ring is 1. The molecule has 2 N–H and O–H groups in total. The minimum atomic E-state index is -0.491. The molecule has 0 saturated heterocycles. The summed E-state index contributed by atoms with van der Waals surface area (Å²) in [6.45, 7) is 0.593. The average molecular weight is 244 g/mol. The Bertz CT molecular complexity index is 380. The number of halogens is 2. The van der Waals surface area contributed by atoms with Gasteiger partial charge in [0.25, 0.3) is 0 Å². The van der Waals surface area contributed by atoms with Gasteiger partial charge in [-0.05, 0) is 18.4 Å². The summed E-state index contributed by atoms with van der Waals surface area (Å²) in [5.41, 5.74) is 6.07. The Balaban J connectivity index is 1.90. The molecular formula is C12H15ClFNO. The van der Waals surface area contributed by atoms with Crippen LogP contribution >= 0.6 is 11.6 Å². The molecule has 4 heteroatoms. The third kappa shape index (κ3) is 2.59. The molecule has 1 aromatic rings. The standard InChI is InChI=1S/C12H15ClFNO/c13-9-6-11(15)12(7-10(9)14)16-5-4-8-2-1-3-8/h6-8H,1-5,15H2. The van der Waals surface area contributed by atoms with Crippen LogP contribution in [0.4, 0.5) is 10.1 Å². The van der Waals surface area contributed by atoms with Crippen LogP contribution in [0.5, 0.6) is 5.75 Å². The first-order valence-corrected chi connectivity index (χ1v) is 5.92. The van der Waals surface area contributed by atoms with Gasteiger partial charge in [0.2, 0.25) is 0 Å². The monoisotopic (exact) mass is 243 g/mol. The Hall–Kier alpha value is -0.960. The van der Waals surface area contributed by atoms with Gasteiger partial charge in [-0.25, -0.2) is 4.39 Å². The van der Waals surface area contributed by atoms with Crippen LogP contribution < -0.4 is 10.5 Å². The number of benzene rings is 1. The van der Waals surface area contributed by atoms with E-state index in [2.05, 4.69) is 0 Å². The number of hydrogen-bond donors (Lipinski definition) is 1. The van der Waals surface area contributed by atoms with E-state index in [4.69, 9.17) is 22.1 Å². The average Bonchev–Trinajstić information content (AvgIpc) is 2.17. The Morgan fingerprint density at radius 2 is 2.19 bits per heavy atom. The summed E-state index contributed by atoms with van der Waals surface area (Å²) in [5.74, 6) is 0.675. The normalized spacial score (nSPS) is 15.9. The molecule has 0 spiro atoms. The molecule has 0 aromatic heterocycles. The van der Waals surface area contributed by atoms with E-state index in [0.717, 1.165) is 12.3 Å². The lowest BCUT2D eigenvalue weighted by Gasteiger charge is -2.25. The number of anilines is 1. The van der Waals surface area contributed by atoms with Crippen molar-refractivity contribution in [3.8, 4) is 5.75 Å². The van der Waals surface area contributed by atoms with Gasteiger partial charge in [-0.1, -0.05) is 30.9 Å². The predicted octanol–water partition coefficient (Wildman–Crippen LogP) is 3.63. The van der Waals surface area contributed by atoms with Crippen LogP contribution in [0.3, 0.4) is 0 Å². The van der Waals surface area contributed by atoms with Gasteiger partial charge in [-0.3, -0.25) is 0 Å². The molecule has 1 fully saturated rings. The summed E-state index contributed by atoms with van der Waals surface area (Å²) < 4.78 is 18.6. The van der Waals surface area contributed by atoms with E-state index in [0.29, 0.717) is 18.0 Å². The van der Waals surface area contributed by atoms with Gasteiger partial charge in [0.15, 0.2) is 0 Å². The van der Waals surface area contributed by atoms with E-state index in [1.165, 1.54) is 31.4 Å². The van der Waals surface area contributed by atoms with Crippen LogP contribution in [0.1, 0.15) is 25.7 Å². The maximum Gasteiger partial charge on any atom is 0.145 e. The largest absolute Gasteiger partial charge is 0.491 e. The summed E-state index contributed by atoms with van der Waals surface area (Å²) in [7, 11) is 0. The van der Waals surface area contributed by atoms with Crippen LogP contribution in [0.15, 0.2) is 12.1 Å². The summed E-state index contributed by atoms with van der Waals surface area (Å²) in [6, 6.07) is 2.63. The molecule has 1 aliphatic rings. The van der Waals surface area contributed by atoms with Crippen LogP contribution in [-0.2, 0) is 0 Å². The van der Waals surface area contributed by atoms with E-state index in [9.17, 15) is 4.39 Å². The number of hydrogen-bond acceptors (Lipinski definition) is 2. The first kappa shape index (κ1) is 11.5. The third-order valence-electron chi connectivity index (χ3n) is 3.06. The summed E-state index contributed by atoms with van der Waals surface area (Å²) >= 11 is 5.59. The number of nitrogens with two attached hydrogens (primary N) is 1. The topological polar surface area (TPSA) is 35.2 Å². The zero-order valence-corrected chi connectivity index (χ0v) is 9.77. The maximum atomic E-state index is 13.2. The zero-order chi connectivity index (χ0) is 11.5. The molecule has 2 nitrogen and oxygen atoms in total. The molecular weight excluding hydrogens is 229 g/mol. The number of rotatable bonds is 4. The first-order chi connectivity index (χ1) is 7.66. The third-order valence-corrected chi connectivity index (χ3v) is 3.35. The Labute approximate surface area is 99.5 Å². The highest BCUT2D eigenvalue weighted by molar-refractivity contribution is 6.31. The fraction of sp³-hybridized carbons (Fsp3) is 0.500. The minimum absolute atomic E-state index is 0.0313. The highest BCUT2D eigenvalue weighted by Crippen LogP contribution is 2.31. The molecule has 0 heterocycles. The maximum absolute atomic E-state index is 13.2. The lowest BCUT2D eigenvalue weighted by Crippen LogP contribution is -2.14. The van der Waals surface area contributed by atoms with E-state index in [1.807, 2.05) is 0 Å². The van der Waals surface area contributed by atoms with Gasteiger partial charge in [0.1, 0.15) is 11.6 Å². The SMILES string of the molecule is Nc1cc(Cl)c(F)cc1OCCC1CCC1. The molecule has 0 unspecified atom stereocenters. The van der Waals surface area contributed by atoms with E-state index >= 15 is 0 Å². The molecule has 0 atom stereocenters. The lowest BCUT2D eigenvalue weighted by atomic mass is 9.83. The van der Waals surface area contributed by atoms with E-state index < -0.39 is 5.82 Å². The second-order valence-electron chi connectivity index (χ2n) is 4.24. The molecule has 0 amide bonds. The van der Waals surface area contributed by atoms with Crippen molar-refractivity contribution in [2.75, 3.05) is 12.3 Å². The predicted molar refractivity (Wildman–Crippen MR) is 63.3 cm³/mol. The number of ether oxygens (including phenoxy) is 1. The van der Waals surface area contributed by atoms with Gasteiger partial charge in [0, 0.05) is 6.07 Å². The van der Waals surface area contributed by atoms with Crippen molar-refractivity contribution in [1.82, 2.24) is 0 Å². The van der Waals surface area contributed by atoms with Gasteiger partial charge < -0.3 is 10.5 Å². The van der Waals surface area contributed by atoms with Crippen molar-refractivity contribution in [3.05, 3.63) is 23.0 Å². The Morgan fingerprint density at radius 1 is 1.44 bits per heavy atom. The molecule has 1 aromatic carbocycles. The summed E-state index contributed by atoms with van der Waals surface area (Å²) in [4.78, 5) is 0. The second-order valence-corrected chi connectivity index (χ2v) is 4.65. The van der Waals surface area contributed by atoms with Crippen molar-refractivity contribution in [3.63, 3.8) is 0 Å². The first-order valence-electron chi connectivity index (χ1n) is 5.54. The van der Waals surface area contributed by atoms with Gasteiger partial charge in [-0.2, -0.15) is 0 Å². The quantitative estimate of drug-likeness (QED) is 0.820. The van der Waals surface area contributed by atoms with Gasteiger partial charge in [0.05, 0.1) is 17.3 Å². The molecule has 2 rings (SSSR count). The van der Waals surface area contributed by atoms with Crippen molar-refractivity contribution in [1.29, 1.82) is 0 Å². The van der Waals surface area contributed by atoms with E-state index in [1.54, 1.807) is 0 Å².